The smallest absolute Gasteiger partial charge is 0.407 e. The highest BCUT2D eigenvalue weighted by molar-refractivity contribution is 6.42. The quantitative estimate of drug-likeness (QED) is 0.791. The van der Waals surface area contributed by atoms with Crippen molar-refractivity contribution < 1.29 is 19.4 Å². The van der Waals surface area contributed by atoms with Crippen LogP contribution in [0.1, 0.15) is 24.5 Å². The summed E-state index contributed by atoms with van der Waals surface area (Å²) in [6.07, 6.45) is 0.643. The van der Waals surface area contributed by atoms with Crippen LogP contribution in [0.3, 0.4) is 0 Å². The van der Waals surface area contributed by atoms with Gasteiger partial charge in [-0.1, -0.05) is 29.3 Å². The molecule has 3 amide bonds. The van der Waals surface area contributed by atoms with E-state index >= 15 is 0 Å². The van der Waals surface area contributed by atoms with Gasteiger partial charge in [0.05, 0.1) is 22.8 Å². The van der Waals surface area contributed by atoms with Crippen molar-refractivity contribution in [2.24, 2.45) is 5.92 Å². The Morgan fingerprint density at radius 1 is 1.15 bits per heavy atom. The number of nitrogens with zero attached hydrogens (tertiary/aromatic N) is 2. The summed E-state index contributed by atoms with van der Waals surface area (Å²) in [7, 11) is 0. The third-order valence-electron chi connectivity index (χ3n) is 4.99. The van der Waals surface area contributed by atoms with E-state index in [0.717, 1.165) is 31.5 Å². The van der Waals surface area contributed by atoms with Crippen molar-refractivity contribution in [3.05, 3.63) is 33.8 Å². The SMILES string of the molecule is O=C(O)N1CCO[C@@H](c2ccc(Cl)c(Cl)c2)[C@H](CNC(=O)N2CCCC2)C1. The Morgan fingerprint density at radius 2 is 1.89 bits per heavy atom. The van der Waals surface area contributed by atoms with Crippen LogP contribution in [0.2, 0.25) is 10.0 Å². The molecule has 0 unspecified atom stereocenters. The van der Waals surface area contributed by atoms with E-state index in [1.54, 1.807) is 17.0 Å². The molecule has 2 N–H and O–H groups in total. The molecule has 0 bridgehead atoms. The second kappa shape index (κ2) is 8.99. The highest BCUT2D eigenvalue weighted by Crippen LogP contribution is 2.33. The van der Waals surface area contributed by atoms with Gasteiger partial charge >= 0.3 is 12.1 Å². The Morgan fingerprint density at radius 3 is 2.56 bits per heavy atom. The summed E-state index contributed by atoms with van der Waals surface area (Å²) in [5, 5.41) is 13.2. The van der Waals surface area contributed by atoms with Crippen LogP contribution < -0.4 is 5.32 Å². The number of carbonyl (C=O) groups is 2. The van der Waals surface area contributed by atoms with Gasteiger partial charge in [-0.15, -0.1) is 0 Å². The minimum absolute atomic E-state index is 0.119. The third-order valence-corrected chi connectivity index (χ3v) is 5.73. The van der Waals surface area contributed by atoms with Crippen LogP contribution in [0, 0.1) is 5.92 Å². The fourth-order valence-electron chi connectivity index (χ4n) is 3.55. The third kappa shape index (κ3) is 4.97. The van der Waals surface area contributed by atoms with Gasteiger partial charge < -0.3 is 25.0 Å². The summed E-state index contributed by atoms with van der Waals surface area (Å²) in [4.78, 5) is 26.9. The van der Waals surface area contributed by atoms with E-state index < -0.39 is 6.09 Å². The Labute approximate surface area is 168 Å². The fourth-order valence-corrected chi connectivity index (χ4v) is 3.86. The number of likely N-dealkylation sites (tertiary alicyclic amines) is 1. The number of hydrogen-bond donors (Lipinski definition) is 2. The summed E-state index contributed by atoms with van der Waals surface area (Å²) >= 11 is 12.2. The lowest BCUT2D eigenvalue weighted by molar-refractivity contribution is 0.0311. The molecule has 2 heterocycles. The molecule has 3 rings (SSSR count). The minimum atomic E-state index is -0.996. The Bertz CT molecular complexity index is 697. The van der Waals surface area contributed by atoms with E-state index in [1.807, 2.05) is 6.07 Å². The van der Waals surface area contributed by atoms with E-state index in [-0.39, 0.29) is 37.7 Å². The van der Waals surface area contributed by atoms with Gasteiger partial charge in [-0.2, -0.15) is 0 Å². The molecule has 0 saturated carbocycles. The second-order valence-corrected chi connectivity index (χ2v) is 7.65. The normalized spacial score (nSPS) is 23.2. The summed E-state index contributed by atoms with van der Waals surface area (Å²) in [6, 6.07) is 5.14. The number of carboxylic acid groups (broad SMARTS) is 1. The van der Waals surface area contributed by atoms with Gasteiger partial charge in [0.25, 0.3) is 0 Å². The predicted octanol–water partition coefficient (Wildman–Crippen LogP) is 3.47. The first-order valence-corrected chi connectivity index (χ1v) is 9.78. The van der Waals surface area contributed by atoms with Crippen LogP contribution in [0.4, 0.5) is 9.59 Å². The zero-order chi connectivity index (χ0) is 19.4. The van der Waals surface area contributed by atoms with Gasteiger partial charge in [0, 0.05) is 38.6 Å². The zero-order valence-electron chi connectivity index (χ0n) is 14.9. The Hall–Kier alpha value is -1.70. The van der Waals surface area contributed by atoms with Gasteiger partial charge in [-0.3, -0.25) is 0 Å². The first-order valence-electron chi connectivity index (χ1n) is 9.03. The number of nitrogens with one attached hydrogen (secondary N) is 1. The number of amides is 3. The van der Waals surface area contributed by atoms with Crippen molar-refractivity contribution in [2.75, 3.05) is 39.3 Å². The Kier molecular flexibility index (Phi) is 6.68. The van der Waals surface area contributed by atoms with Crippen molar-refractivity contribution in [1.29, 1.82) is 0 Å². The lowest BCUT2D eigenvalue weighted by Crippen LogP contribution is -2.44. The molecule has 2 saturated heterocycles. The number of rotatable bonds is 3. The first-order chi connectivity index (χ1) is 13.0. The molecule has 27 heavy (non-hydrogen) atoms. The standard InChI is InChI=1S/C18H23Cl2N3O4/c19-14-4-3-12(9-15(14)20)16-13(11-23(18(25)26)7-8-27-16)10-21-17(24)22-5-1-2-6-22/h3-4,9,13,16H,1-2,5-8,10-11H2,(H,21,24)(H,25,26)/t13-,16+/m1/s1. The molecular weight excluding hydrogens is 393 g/mol. The Balaban J connectivity index is 1.76. The van der Waals surface area contributed by atoms with Crippen LogP contribution in [-0.2, 0) is 4.74 Å². The van der Waals surface area contributed by atoms with E-state index in [0.29, 0.717) is 16.6 Å². The van der Waals surface area contributed by atoms with Crippen molar-refractivity contribution in [3.63, 3.8) is 0 Å². The van der Waals surface area contributed by atoms with E-state index in [1.165, 1.54) is 4.90 Å². The van der Waals surface area contributed by atoms with Gasteiger partial charge in [-0.25, -0.2) is 9.59 Å². The van der Waals surface area contributed by atoms with Gasteiger partial charge in [0.15, 0.2) is 0 Å². The summed E-state index contributed by atoms with van der Waals surface area (Å²) in [6.45, 7) is 2.64. The number of ether oxygens (including phenoxy) is 1. The summed E-state index contributed by atoms with van der Waals surface area (Å²) in [5.41, 5.74) is 0.817. The molecule has 2 aliphatic rings. The average molecular weight is 416 g/mol. The van der Waals surface area contributed by atoms with Gasteiger partial charge in [0.1, 0.15) is 0 Å². The fraction of sp³-hybridized carbons (Fsp3) is 0.556. The molecule has 2 fully saturated rings. The van der Waals surface area contributed by atoms with Crippen LogP contribution in [0.5, 0.6) is 0 Å². The highest BCUT2D eigenvalue weighted by atomic mass is 35.5. The van der Waals surface area contributed by atoms with Crippen LogP contribution in [0.25, 0.3) is 0 Å². The maximum atomic E-state index is 12.3. The lowest BCUT2D eigenvalue weighted by atomic mass is 9.95. The summed E-state index contributed by atoms with van der Waals surface area (Å²) in [5.74, 6) is -0.243. The highest BCUT2D eigenvalue weighted by Gasteiger charge is 2.32. The van der Waals surface area contributed by atoms with E-state index in [4.69, 9.17) is 27.9 Å². The number of carbonyl (C=O) groups excluding carboxylic acids is 1. The molecule has 0 aromatic heterocycles. The molecule has 9 heteroatoms. The van der Waals surface area contributed by atoms with E-state index in [2.05, 4.69) is 5.32 Å². The number of benzene rings is 1. The molecule has 1 aromatic carbocycles. The summed E-state index contributed by atoms with van der Waals surface area (Å²) < 4.78 is 5.96. The zero-order valence-corrected chi connectivity index (χ0v) is 16.4. The molecular formula is C18H23Cl2N3O4. The van der Waals surface area contributed by atoms with Crippen LogP contribution in [-0.4, -0.2) is 66.4 Å². The molecule has 2 atom stereocenters. The van der Waals surface area contributed by atoms with Crippen molar-refractivity contribution in [2.45, 2.75) is 18.9 Å². The predicted molar refractivity (Wildman–Crippen MR) is 102 cm³/mol. The molecule has 7 nitrogen and oxygen atoms in total. The first kappa shape index (κ1) is 20.0. The molecule has 2 aliphatic heterocycles. The average Bonchev–Trinajstić information content (AvgIpc) is 3.09. The molecule has 0 radical (unpaired) electrons. The molecule has 0 aliphatic carbocycles. The number of halogens is 2. The second-order valence-electron chi connectivity index (χ2n) is 6.83. The lowest BCUT2D eigenvalue weighted by Gasteiger charge is -2.28. The van der Waals surface area contributed by atoms with Crippen molar-refractivity contribution >= 4 is 35.3 Å². The molecule has 148 valence electrons. The van der Waals surface area contributed by atoms with Crippen LogP contribution in [0.15, 0.2) is 18.2 Å². The van der Waals surface area contributed by atoms with E-state index in [9.17, 15) is 14.7 Å². The maximum absolute atomic E-state index is 12.3. The van der Waals surface area contributed by atoms with Gasteiger partial charge in [-0.05, 0) is 30.5 Å². The minimum Gasteiger partial charge on any atom is -0.465 e. The topological polar surface area (TPSA) is 82.1 Å². The molecule has 0 spiro atoms. The van der Waals surface area contributed by atoms with Crippen molar-refractivity contribution in [3.8, 4) is 0 Å². The number of hydrogen-bond acceptors (Lipinski definition) is 3. The number of urea groups is 1. The van der Waals surface area contributed by atoms with Crippen LogP contribution >= 0.6 is 23.2 Å². The monoisotopic (exact) mass is 415 g/mol. The molecule has 1 aromatic rings. The van der Waals surface area contributed by atoms with Crippen molar-refractivity contribution in [1.82, 2.24) is 15.1 Å². The largest absolute Gasteiger partial charge is 0.465 e. The van der Waals surface area contributed by atoms with Gasteiger partial charge in [0.2, 0.25) is 0 Å². The maximum Gasteiger partial charge on any atom is 0.407 e.